The van der Waals surface area contributed by atoms with E-state index in [9.17, 15) is 9.90 Å². The van der Waals surface area contributed by atoms with E-state index < -0.39 is 29.6 Å². The third-order valence-electron chi connectivity index (χ3n) is 3.52. The molecule has 0 aliphatic carbocycles. The molecule has 122 valence electrons. The van der Waals surface area contributed by atoms with Gasteiger partial charge in [-0.2, -0.15) is 0 Å². The summed E-state index contributed by atoms with van der Waals surface area (Å²) in [6, 6.07) is 9.19. The summed E-state index contributed by atoms with van der Waals surface area (Å²) >= 11 is 0. The van der Waals surface area contributed by atoms with Crippen LogP contribution in [-0.4, -0.2) is 40.1 Å². The van der Waals surface area contributed by atoms with Crippen LogP contribution in [0.4, 0.5) is 4.79 Å². The van der Waals surface area contributed by atoms with Crippen LogP contribution in [0.25, 0.3) is 0 Å². The average molecular weight is 307 g/mol. The largest absolute Gasteiger partial charge is 0.444 e. The smallest absolute Gasteiger partial charge is 0.412 e. The first-order valence-electron chi connectivity index (χ1n) is 7.49. The molecule has 1 amide bonds. The molecule has 0 bridgehead atoms. The van der Waals surface area contributed by atoms with Gasteiger partial charge in [-0.25, -0.2) is 4.79 Å². The SMILES string of the molecule is CC(C)(C)OC(=O)N1[C@H]([C@H](O)c2ccccc2)OCC1(C)C. The second-order valence-corrected chi connectivity index (χ2v) is 7.22. The van der Waals surface area contributed by atoms with E-state index in [4.69, 9.17) is 9.47 Å². The van der Waals surface area contributed by atoms with Crippen molar-refractivity contribution in [2.45, 2.75) is 58.1 Å². The van der Waals surface area contributed by atoms with Crippen LogP contribution in [0.1, 0.15) is 46.3 Å². The molecule has 0 aromatic heterocycles. The molecule has 1 aliphatic heterocycles. The summed E-state index contributed by atoms with van der Waals surface area (Å²) in [6.07, 6.45) is -2.15. The number of ether oxygens (including phenoxy) is 2. The Bertz CT molecular complexity index is 521. The molecule has 2 rings (SSSR count). The molecule has 2 atom stereocenters. The number of benzene rings is 1. The number of hydrogen-bond acceptors (Lipinski definition) is 4. The summed E-state index contributed by atoms with van der Waals surface area (Å²) < 4.78 is 11.2. The fourth-order valence-corrected chi connectivity index (χ4v) is 2.49. The monoisotopic (exact) mass is 307 g/mol. The van der Waals surface area contributed by atoms with E-state index in [1.807, 2.05) is 65.0 Å². The van der Waals surface area contributed by atoms with Crippen LogP contribution >= 0.6 is 0 Å². The van der Waals surface area contributed by atoms with Gasteiger partial charge in [0, 0.05) is 0 Å². The van der Waals surface area contributed by atoms with Gasteiger partial charge in [-0.3, -0.25) is 4.90 Å². The van der Waals surface area contributed by atoms with Gasteiger partial charge in [-0.15, -0.1) is 0 Å². The summed E-state index contributed by atoms with van der Waals surface area (Å²) in [5, 5.41) is 10.6. The summed E-state index contributed by atoms with van der Waals surface area (Å²) in [4.78, 5) is 14.0. The Morgan fingerprint density at radius 3 is 2.50 bits per heavy atom. The predicted octanol–water partition coefficient (Wildman–Crippen LogP) is 3.09. The zero-order chi connectivity index (χ0) is 16.5. The summed E-state index contributed by atoms with van der Waals surface area (Å²) in [7, 11) is 0. The first-order chi connectivity index (χ1) is 10.1. The van der Waals surface area contributed by atoms with Gasteiger partial charge in [0.15, 0.2) is 6.23 Å². The number of aliphatic hydroxyl groups is 1. The molecule has 0 saturated carbocycles. The second kappa shape index (κ2) is 5.89. The van der Waals surface area contributed by atoms with Crippen molar-refractivity contribution >= 4 is 6.09 Å². The number of hydrogen-bond donors (Lipinski definition) is 1. The standard InChI is InChI=1S/C17H25NO4/c1-16(2,3)22-15(20)18-14(21-11-17(18,4)5)13(19)12-9-7-6-8-10-12/h6-10,13-14,19H,11H2,1-5H3/t13-,14+/m1/s1. The fraction of sp³-hybridized carbons (Fsp3) is 0.588. The molecule has 1 aliphatic rings. The molecular formula is C17H25NO4. The molecule has 1 fully saturated rings. The highest BCUT2D eigenvalue weighted by Gasteiger charge is 2.48. The Hall–Kier alpha value is -1.59. The minimum atomic E-state index is -0.921. The number of nitrogens with zero attached hydrogens (tertiary/aromatic N) is 1. The molecule has 5 heteroatoms. The van der Waals surface area contributed by atoms with Gasteiger partial charge in [0.25, 0.3) is 0 Å². The van der Waals surface area contributed by atoms with Gasteiger partial charge in [-0.05, 0) is 40.2 Å². The molecule has 1 N–H and O–H groups in total. The van der Waals surface area contributed by atoms with Crippen LogP contribution < -0.4 is 0 Å². The van der Waals surface area contributed by atoms with Crippen LogP contribution in [0.3, 0.4) is 0 Å². The maximum absolute atomic E-state index is 12.5. The zero-order valence-corrected chi connectivity index (χ0v) is 13.9. The van der Waals surface area contributed by atoms with E-state index in [0.29, 0.717) is 12.2 Å². The third-order valence-corrected chi connectivity index (χ3v) is 3.52. The Morgan fingerprint density at radius 1 is 1.36 bits per heavy atom. The predicted molar refractivity (Wildman–Crippen MR) is 83.3 cm³/mol. The Morgan fingerprint density at radius 2 is 1.95 bits per heavy atom. The van der Waals surface area contributed by atoms with Crippen molar-refractivity contribution in [3.63, 3.8) is 0 Å². The van der Waals surface area contributed by atoms with Crippen molar-refractivity contribution in [2.75, 3.05) is 6.61 Å². The number of amides is 1. The molecule has 1 saturated heterocycles. The van der Waals surface area contributed by atoms with E-state index >= 15 is 0 Å². The number of aliphatic hydroxyl groups excluding tert-OH is 1. The molecule has 1 heterocycles. The third kappa shape index (κ3) is 3.59. The van der Waals surface area contributed by atoms with Gasteiger partial charge in [-0.1, -0.05) is 30.3 Å². The lowest BCUT2D eigenvalue weighted by Gasteiger charge is -2.36. The van der Waals surface area contributed by atoms with Crippen LogP contribution in [0.5, 0.6) is 0 Å². The minimum Gasteiger partial charge on any atom is -0.444 e. The summed E-state index contributed by atoms with van der Waals surface area (Å²) in [5.74, 6) is 0. The maximum atomic E-state index is 12.5. The van der Waals surface area contributed by atoms with Gasteiger partial charge < -0.3 is 14.6 Å². The van der Waals surface area contributed by atoms with Crippen molar-refractivity contribution in [1.82, 2.24) is 4.90 Å². The first kappa shape index (κ1) is 16.8. The first-order valence-corrected chi connectivity index (χ1v) is 7.49. The van der Waals surface area contributed by atoms with Crippen molar-refractivity contribution < 1.29 is 19.4 Å². The zero-order valence-electron chi connectivity index (χ0n) is 13.9. The number of rotatable bonds is 2. The fourth-order valence-electron chi connectivity index (χ4n) is 2.49. The lowest BCUT2D eigenvalue weighted by atomic mass is 10.0. The second-order valence-electron chi connectivity index (χ2n) is 7.22. The van der Waals surface area contributed by atoms with E-state index in [1.165, 1.54) is 4.90 Å². The highest BCUT2D eigenvalue weighted by atomic mass is 16.6. The van der Waals surface area contributed by atoms with E-state index in [0.717, 1.165) is 0 Å². The molecule has 22 heavy (non-hydrogen) atoms. The van der Waals surface area contributed by atoms with E-state index in [2.05, 4.69) is 0 Å². The summed E-state index contributed by atoms with van der Waals surface area (Å²) in [5.41, 5.74) is -0.431. The Kier molecular flexibility index (Phi) is 4.49. The number of carbonyl (C=O) groups excluding carboxylic acids is 1. The van der Waals surface area contributed by atoms with Gasteiger partial charge in [0.2, 0.25) is 0 Å². The molecule has 0 spiro atoms. The molecule has 0 radical (unpaired) electrons. The topological polar surface area (TPSA) is 59.0 Å². The molecule has 5 nitrogen and oxygen atoms in total. The molecule has 0 unspecified atom stereocenters. The van der Waals surface area contributed by atoms with E-state index in [-0.39, 0.29) is 0 Å². The highest BCUT2D eigenvalue weighted by molar-refractivity contribution is 5.70. The quantitative estimate of drug-likeness (QED) is 0.912. The molecule has 1 aromatic carbocycles. The van der Waals surface area contributed by atoms with Crippen LogP contribution in [0, 0.1) is 0 Å². The maximum Gasteiger partial charge on any atom is 0.412 e. The minimum absolute atomic E-state index is 0.348. The Balaban J connectivity index is 2.25. The van der Waals surface area contributed by atoms with Gasteiger partial charge >= 0.3 is 6.09 Å². The van der Waals surface area contributed by atoms with Gasteiger partial charge in [0.05, 0.1) is 12.1 Å². The van der Waals surface area contributed by atoms with Crippen molar-refractivity contribution in [3.8, 4) is 0 Å². The van der Waals surface area contributed by atoms with E-state index in [1.54, 1.807) is 0 Å². The number of carbonyl (C=O) groups is 1. The normalized spacial score (nSPS) is 22.5. The van der Waals surface area contributed by atoms with Crippen LogP contribution in [-0.2, 0) is 9.47 Å². The average Bonchev–Trinajstić information content (AvgIpc) is 2.72. The van der Waals surface area contributed by atoms with Crippen LogP contribution in [0.15, 0.2) is 30.3 Å². The highest BCUT2D eigenvalue weighted by Crippen LogP contribution is 2.35. The molecule has 1 aromatic rings. The lowest BCUT2D eigenvalue weighted by molar-refractivity contribution is -0.0750. The van der Waals surface area contributed by atoms with Crippen molar-refractivity contribution in [3.05, 3.63) is 35.9 Å². The lowest BCUT2D eigenvalue weighted by Crippen LogP contribution is -2.51. The van der Waals surface area contributed by atoms with Crippen LogP contribution in [0.2, 0.25) is 0 Å². The summed E-state index contributed by atoms with van der Waals surface area (Å²) in [6.45, 7) is 9.59. The molecular weight excluding hydrogens is 282 g/mol. The van der Waals surface area contributed by atoms with Gasteiger partial charge in [0.1, 0.15) is 11.7 Å². The van der Waals surface area contributed by atoms with Crippen molar-refractivity contribution in [1.29, 1.82) is 0 Å². The Labute approximate surface area is 131 Å². The van der Waals surface area contributed by atoms with Crippen molar-refractivity contribution in [2.24, 2.45) is 0 Å².